The SMILES string of the molecule is COc1cc(C=Cc2ccc(N3CCCC3)cc2)cc(C=O)c1O. The molecule has 0 amide bonds. The molecule has 2 aromatic carbocycles. The summed E-state index contributed by atoms with van der Waals surface area (Å²) < 4.78 is 5.10. The van der Waals surface area contributed by atoms with E-state index in [1.165, 1.54) is 25.6 Å². The van der Waals surface area contributed by atoms with Crippen LogP contribution in [0.3, 0.4) is 0 Å². The van der Waals surface area contributed by atoms with Crippen molar-refractivity contribution in [2.45, 2.75) is 12.8 Å². The molecule has 2 aromatic rings. The molecular weight excluding hydrogens is 302 g/mol. The quantitative estimate of drug-likeness (QED) is 0.668. The minimum absolute atomic E-state index is 0.125. The summed E-state index contributed by atoms with van der Waals surface area (Å²) in [5.74, 6) is 0.170. The number of anilines is 1. The van der Waals surface area contributed by atoms with Crippen LogP contribution in [0.15, 0.2) is 36.4 Å². The van der Waals surface area contributed by atoms with E-state index in [-0.39, 0.29) is 11.3 Å². The van der Waals surface area contributed by atoms with Gasteiger partial charge in [-0.25, -0.2) is 0 Å². The molecule has 1 N–H and O–H groups in total. The maximum atomic E-state index is 11.0. The maximum Gasteiger partial charge on any atom is 0.168 e. The summed E-state index contributed by atoms with van der Waals surface area (Å²) in [4.78, 5) is 13.4. The van der Waals surface area contributed by atoms with Gasteiger partial charge >= 0.3 is 0 Å². The number of aromatic hydroxyl groups is 1. The summed E-state index contributed by atoms with van der Waals surface area (Å²) in [6, 6.07) is 11.8. The monoisotopic (exact) mass is 323 g/mol. The van der Waals surface area contributed by atoms with Gasteiger partial charge in [-0.1, -0.05) is 24.3 Å². The first-order chi connectivity index (χ1) is 11.7. The van der Waals surface area contributed by atoms with Crippen LogP contribution < -0.4 is 9.64 Å². The van der Waals surface area contributed by atoms with Gasteiger partial charge in [-0.3, -0.25) is 4.79 Å². The van der Waals surface area contributed by atoms with Gasteiger partial charge in [0.15, 0.2) is 17.8 Å². The van der Waals surface area contributed by atoms with Crippen LogP contribution in [0, 0.1) is 0 Å². The number of hydrogen-bond acceptors (Lipinski definition) is 4. The Hall–Kier alpha value is -2.75. The lowest BCUT2D eigenvalue weighted by atomic mass is 10.1. The normalized spacial score (nSPS) is 14.3. The Balaban J connectivity index is 1.79. The second-order valence-corrected chi connectivity index (χ2v) is 5.90. The molecule has 0 spiro atoms. The molecule has 0 aliphatic carbocycles. The molecule has 0 atom stereocenters. The third-order valence-electron chi connectivity index (χ3n) is 4.31. The van der Waals surface area contributed by atoms with Gasteiger partial charge in [0.05, 0.1) is 12.7 Å². The summed E-state index contributed by atoms with van der Waals surface area (Å²) >= 11 is 0. The topological polar surface area (TPSA) is 49.8 Å². The summed E-state index contributed by atoms with van der Waals surface area (Å²) in [6.07, 6.45) is 7.04. The van der Waals surface area contributed by atoms with Crippen molar-refractivity contribution in [3.8, 4) is 11.5 Å². The molecule has 0 saturated carbocycles. The third-order valence-corrected chi connectivity index (χ3v) is 4.31. The van der Waals surface area contributed by atoms with Crippen molar-refractivity contribution in [2.24, 2.45) is 0 Å². The number of nitrogens with zero attached hydrogens (tertiary/aromatic N) is 1. The van der Waals surface area contributed by atoms with Crippen LogP contribution in [0.2, 0.25) is 0 Å². The van der Waals surface area contributed by atoms with E-state index < -0.39 is 0 Å². The number of methoxy groups -OCH3 is 1. The Bertz CT molecular complexity index is 744. The molecule has 0 unspecified atom stereocenters. The van der Waals surface area contributed by atoms with Crippen molar-refractivity contribution < 1.29 is 14.6 Å². The fraction of sp³-hybridized carbons (Fsp3) is 0.250. The van der Waals surface area contributed by atoms with Crippen molar-refractivity contribution in [1.82, 2.24) is 0 Å². The standard InChI is InChI=1S/C20H21NO3/c1-24-19-13-16(12-17(14-22)20(19)23)5-4-15-6-8-18(9-7-15)21-10-2-3-11-21/h4-9,12-14,23H,2-3,10-11H2,1H3. The highest BCUT2D eigenvalue weighted by molar-refractivity contribution is 5.84. The highest BCUT2D eigenvalue weighted by atomic mass is 16.5. The lowest BCUT2D eigenvalue weighted by Crippen LogP contribution is -2.17. The number of carbonyl (C=O) groups excluding carboxylic acids is 1. The molecule has 1 aliphatic rings. The van der Waals surface area contributed by atoms with Crippen molar-refractivity contribution >= 4 is 24.1 Å². The largest absolute Gasteiger partial charge is 0.504 e. The Morgan fingerprint density at radius 1 is 1.04 bits per heavy atom. The molecule has 3 rings (SSSR count). The van der Waals surface area contributed by atoms with Gasteiger partial charge in [-0.2, -0.15) is 0 Å². The average molecular weight is 323 g/mol. The molecule has 1 aliphatic heterocycles. The zero-order valence-corrected chi connectivity index (χ0v) is 13.7. The minimum atomic E-state index is -0.125. The predicted molar refractivity (Wildman–Crippen MR) is 96.9 cm³/mol. The number of phenolic OH excluding ortho intramolecular Hbond substituents is 1. The van der Waals surface area contributed by atoms with Crippen molar-refractivity contribution in [2.75, 3.05) is 25.1 Å². The van der Waals surface area contributed by atoms with Gasteiger partial charge in [-0.15, -0.1) is 0 Å². The smallest absolute Gasteiger partial charge is 0.168 e. The van der Waals surface area contributed by atoms with Crippen LogP contribution in [0.5, 0.6) is 11.5 Å². The van der Waals surface area contributed by atoms with Gasteiger partial charge in [0, 0.05) is 18.8 Å². The summed E-state index contributed by atoms with van der Waals surface area (Å²) in [5, 5.41) is 9.85. The molecule has 1 fully saturated rings. The number of carbonyl (C=O) groups is 1. The number of phenols is 1. The number of hydrogen-bond donors (Lipinski definition) is 1. The fourth-order valence-electron chi connectivity index (χ4n) is 2.96. The van der Waals surface area contributed by atoms with Gasteiger partial charge < -0.3 is 14.7 Å². The van der Waals surface area contributed by atoms with Crippen LogP contribution in [0.1, 0.15) is 34.3 Å². The fourth-order valence-corrected chi connectivity index (χ4v) is 2.96. The first-order valence-electron chi connectivity index (χ1n) is 8.10. The van der Waals surface area contributed by atoms with Crippen molar-refractivity contribution in [1.29, 1.82) is 0 Å². The van der Waals surface area contributed by atoms with Crippen LogP contribution in [0.25, 0.3) is 12.2 Å². The summed E-state index contributed by atoms with van der Waals surface area (Å²) in [7, 11) is 1.47. The highest BCUT2D eigenvalue weighted by Crippen LogP contribution is 2.31. The molecule has 124 valence electrons. The predicted octanol–water partition coefficient (Wildman–Crippen LogP) is 3.98. The Morgan fingerprint density at radius 2 is 1.71 bits per heavy atom. The number of benzene rings is 2. The summed E-state index contributed by atoms with van der Waals surface area (Å²) in [5.41, 5.74) is 3.37. The number of aldehydes is 1. The maximum absolute atomic E-state index is 11.0. The molecule has 24 heavy (non-hydrogen) atoms. The molecule has 1 heterocycles. The van der Waals surface area contributed by atoms with Crippen LogP contribution >= 0.6 is 0 Å². The zero-order valence-electron chi connectivity index (χ0n) is 13.7. The Kier molecular flexibility index (Phi) is 4.85. The number of rotatable bonds is 5. The van der Waals surface area contributed by atoms with E-state index >= 15 is 0 Å². The molecule has 0 radical (unpaired) electrons. The molecule has 0 aromatic heterocycles. The average Bonchev–Trinajstić information content (AvgIpc) is 3.16. The molecule has 4 heteroatoms. The second-order valence-electron chi connectivity index (χ2n) is 5.90. The van der Waals surface area contributed by atoms with Gasteiger partial charge in [0.25, 0.3) is 0 Å². The van der Waals surface area contributed by atoms with E-state index in [4.69, 9.17) is 4.74 Å². The van der Waals surface area contributed by atoms with Gasteiger partial charge in [0.1, 0.15) is 0 Å². The van der Waals surface area contributed by atoms with Crippen molar-refractivity contribution in [3.63, 3.8) is 0 Å². The zero-order chi connectivity index (χ0) is 16.9. The Labute approximate surface area is 142 Å². The van der Waals surface area contributed by atoms with E-state index in [1.807, 2.05) is 12.2 Å². The van der Waals surface area contributed by atoms with Gasteiger partial charge in [0.2, 0.25) is 0 Å². The minimum Gasteiger partial charge on any atom is -0.504 e. The van der Waals surface area contributed by atoms with Crippen molar-refractivity contribution in [3.05, 3.63) is 53.1 Å². The van der Waals surface area contributed by atoms with E-state index in [0.29, 0.717) is 12.0 Å². The second kappa shape index (κ2) is 7.21. The third kappa shape index (κ3) is 3.43. The molecule has 1 saturated heterocycles. The van der Waals surface area contributed by atoms with Crippen LogP contribution in [-0.2, 0) is 0 Å². The first-order valence-corrected chi connectivity index (χ1v) is 8.10. The lowest BCUT2D eigenvalue weighted by Gasteiger charge is -2.17. The highest BCUT2D eigenvalue weighted by Gasteiger charge is 2.11. The molecule has 4 nitrogen and oxygen atoms in total. The van der Waals surface area contributed by atoms with Crippen LogP contribution in [-0.4, -0.2) is 31.6 Å². The van der Waals surface area contributed by atoms with E-state index in [2.05, 4.69) is 29.2 Å². The van der Waals surface area contributed by atoms with E-state index in [9.17, 15) is 9.90 Å². The van der Waals surface area contributed by atoms with Crippen LogP contribution in [0.4, 0.5) is 5.69 Å². The molecular formula is C20H21NO3. The lowest BCUT2D eigenvalue weighted by molar-refractivity contribution is 0.112. The van der Waals surface area contributed by atoms with Gasteiger partial charge in [-0.05, 0) is 48.2 Å². The van der Waals surface area contributed by atoms with E-state index in [0.717, 1.165) is 24.2 Å². The molecule has 0 bridgehead atoms. The Morgan fingerprint density at radius 3 is 2.33 bits per heavy atom. The summed E-state index contributed by atoms with van der Waals surface area (Å²) in [6.45, 7) is 2.27. The first kappa shape index (κ1) is 16.1. The van der Waals surface area contributed by atoms with E-state index in [1.54, 1.807) is 12.1 Å². The number of ether oxygens (including phenoxy) is 1.